The smallest absolute Gasteiger partial charge is 0.253 e. The third-order valence-corrected chi connectivity index (χ3v) is 6.88. The van der Waals surface area contributed by atoms with Crippen LogP contribution in [0.25, 0.3) is 10.9 Å². The van der Waals surface area contributed by atoms with Crippen molar-refractivity contribution in [2.45, 2.75) is 32.1 Å². The number of hydrogen-bond donors (Lipinski definition) is 0. The molecule has 0 radical (unpaired) electrons. The number of rotatable bonds is 7. The van der Waals surface area contributed by atoms with E-state index in [9.17, 15) is 9.59 Å². The standard InChI is InChI=1S/C28H31N3O3/c32-27-9-4-13-30(27)15-16-34-25-8-1-6-24(19-25)28(33)31-14-3-5-22(20-31)17-21-10-11-26-23(18-21)7-2-12-29-26/h1-2,6-8,10-12,18-19,22H,3-5,9,13-17,20H2/t22-/m1/s1. The van der Waals surface area contributed by atoms with Gasteiger partial charge in [0.05, 0.1) is 12.1 Å². The summed E-state index contributed by atoms with van der Waals surface area (Å²) < 4.78 is 5.86. The maximum atomic E-state index is 13.3. The summed E-state index contributed by atoms with van der Waals surface area (Å²) in [7, 11) is 0. The molecule has 1 atom stereocenters. The highest BCUT2D eigenvalue weighted by Gasteiger charge is 2.25. The Hall–Kier alpha value is -3.41. The summed E-state index contributed by atoms with van der Waals surface area (Å²) >= 11 is 0. The van der Waals surface area contributed by atoms with E-state index in [0.29, 0.717) is 36.8 Å². The molecule has 5 rings (SSSR count). The van der Waals surface area contributed by atoms with E-state index in [-0.39, 0.29) is 11.8 Å². The number of fused-ring (bicyclic) bond motifs is 1. The predicted molar refractivity (Wildman–Crippen MR) is 132 cm³/mol. The van der Waals surface area contributed by atoms with Gasteiger partial charge in [-0.3, -0.25) is 14.6 Å². The Balaban J connectivity index is 1.18. The first-order valence-electron chi connectivity index (χ1n) is 12.3. The van der Waals surface area contributed by atoms with Crippen LogP contribution in [0.1, 0.15) is 41.6 Å². The lowest BCUT2D eigenvalue weighted by Gasteiger charge is -2.33. The molecule has 3 aromatic rings. The summed E-state index contributed by atoms with van der Waals surface area (Å²) in [6.45, 7) is 3.41. The molecule has 0 N–H and O–H groups in total. The topological polar surface area (TPSA) is 62.7 Å². The molecule has 0 unspecified atom stereocenters. The summed E-state index contributed by atoms with van der Waals surface area (Å²) in [5.74, 6) is 1.39. The Bertz CT molecular complexity index is 1180. The second kappa shape index (κ2) is 10.2. The molecule has 2 saturated heterocycles. The van der Waals surface area contributed by atoms with Gasteiger partial charge < -0.3 is 14.5 Å². The van der Waals surface area contributed by atoms with Crippen LogP contribution in [0.2, 0.25) is 0 Å². The molecular formula is C28H31N3O3. The summed E-state index contributed by atoms with van der Waals surface area (Å²) in [4.78, 5) is 33.2. The van der Waals surface area contributed by atoms with Gasteiger partial charge in [-0.1, -0.05) is 18.2 Å². The number of likely N-dealkylation sites (tertiary alicyclic amines) is 2. The van der Waals surface area contributed by atoms with Gasteiger partial charge in [0.2, 0.25) is 5.91 Å². The Morgan fingerprint density at radius 2 is 2.00 bits per heavy atom. The van der Waals surface area contributed by atoms with E-state index in [1.54, 1.807) is 0 Å². The number of nitrogens with zero attached hydrogens (tertiary/aromatic N) is 3. The zero-order valence-corrected chi connectivity index (χ0v) is 19.5. The lowest BCUT2D eigenvalue weighted by atomic mass is 9.90. The summed E-state index contributed by atoms with van der Waals surface area (Å²) in [6.07, 6.45) is 6.50. The normalized spacial score (nSPS) is 18.5. The molecule has 3 heterocycles. The van der Waals surface area contributed by atoms with Crippen molar-refractivity contribution in [1.29, 1.82) is 0 Å². The van der Waals surface area contributed by atoms with Gasteiger partial charge in [0.1, 0.15) is 12.4 Å². The zero-order valence-electron chi connectivity index (χ0n) is 19.5. The Kier molecular flexibility index (Phi) is 6.74. The first kappa shape index (κ1) is 22.4. The second-order valence-corrected chi connectivity index (χ2v) is 9.35. The number of carbonyl (C=O) groups excluding carboxylic acids is 2. The first-order chi connectivity index (χ1) is 16.7. The van der Waals surface area contributed by atoms with Gasteiger partial charge in [0, 0.05) is 43.2 Å². The Morgan fingerprint density at radius 1 is 1.06 bits per heavy atom. The maximum absolute atomic E-state index is 13.3. The summed E-state index contributed by atoms with van der Waals surface area (Å²) in [6, 6.07) is 18.0. The van der Waals surface area contributed by atoms with Gasteiger partial charge in [-0.15, -0.1) is 0 Å². The third kappa shape index (κ3) is 5.22. The van der Waals surface area contributed by atoms with Crippen molar-refractivity contribution in [2.24, 2.45) is 5.92 Å². The van der Waals surface area contributed by atoms with Crippen molar-refractivity contribution in [3.05, 3.63) is 71.9 Å². The predicted octanol–water partition coefficient (Wildman–Crippen LogP) is 4.33. The van der Waals surface area contributed by atoms with Gasteiger partial charge in [0.15, 0.2) is 0 Å². The number of amides is 2. The van der Waals surface area contributed by atoms with Crippen LogP contribution in [0, 0.1) is 5.92 Å². The molecule has 2 aromatic carbocycles. The van der Waals surface area contributed by atoms with Crippen LogP contribution in [0.5, 0.6) is 5.75 Å². The molecule has 2 amide bonds. The number of aromatic nitrogens is 1. The van der Waals surface area contributed by atoms with Gasteiger partial charge in [-0.05, 0) is 73.6 Å². The van der Waals surface area contributed by atoms with Gasteiger partial charge >= 0.3 is 0 Å². The van der Waals surface area contributed by atoms with E-state index >= 15 is 0 Å². The number of ether oxygens (including phenoxy) is 1. The first-order valence-corrected chi connectivity index (χ1v) is 12.3. The molecule has 2 aliphatic heterocycles. The molecule has 0 aliphatic carbocycles. The van der Waals surface area contributed by atoms with Gasteiger partial charge in [-0.2, -0.15) is 0 Å². The van der Waals surface area contributed by atoms with E-state index in [4.69, 9.17) is 4.74 Å². The fourth-order valence-electron chi connectivity index (χ4n) is 5.12. The Morgan fingerprint density at radius 3 is 2.88 bits per heavy atom. The Labute approximate surface area is 200 Å². The minimum atomic E-state index is 0.0626. The molecule has 0 saturated carbocycles. The molecule has 0 spiro atoms. The lowest BCUT2D eigenvalue weighted by Crippen LogP contribution is -2.40. The molecule has 0 bridgehead atoms. The average Bonchev–Trinajstić information content (AvgIpc) is 3.28. The molecule has 34 heavy (non-hydrogen) atoms. The van der Waals surface area contributed by atoms with Crippen molar-refractivity contribution in [1.82, 2.24) is 14.8 Å². The zero-order chi connectivity index (χ0) is 23.3. The quantitative estimate of drug-likeness (QED) is 0.530. The minimum absolute atomic E-state index is 0.0626. The van der Waals surface area contributed by atoms with E-state index in [2.05, 4.69) is 29.2 Å². The van der Waals surface area contributed by atoms with E-state index in [1.807, 2.05) is 46.3 Å². The molecule has 2 fully saturated rings. The monoisotopic (exact) mass is 457 g/mol. The average molecular weight is 458 g/mol. The molecule has 176 valence electrons. The summed E-state index contributed by atoms with van der Waals surface area (Å²) in [5, 5.41) is 1.16. The highest BCUT2D eigenvalue weighted by atomic mass is 16.5. The van der Waals surface area contributed by atoms with Crippen LogP contribution < -0.4 is 4.74 Å². The van der Waals surface area contributed by atoms with Crippen molar-refractivity contribution in [3.63, 3.8) is 0 Å². The van der Waals surface area contributed by atoms with E-state index < -0.39 is 0 Å². The van der Waals surface area contributed by atoms with Gasteiger partial charge in [0.25, 0.3) is 5.91 Å². The minimum Gasteiger partial charge on any atom is -0.492 e. The van der Waals surface area contributed by atoms with E-state index in [1.165, 1.54) is 5.56 Å². The molecular weight excluding hydrogens is 426 g/mol. The van der Waals surface area contributed by atoms with Crippen LogP contribution in [0.15, 0.2) is 60.8 Å². The fraction of sp³-hybridized carbons (Fsp3) is 0.393. The highest BCUT2D eigenvalue weighted by molar-refractivity contribution is 5.94. The molecule has 6 nitrogen and oxygen atoms in total. The van der Waals surface area contributed by atoms with Crippen LogP contribution in [-0.4, -0.2) is 59.4 Å². The van der Waals surface area contributed by atoms with Crippen molar-refractivity contribution >= 4 is 22.7 Å². The van der Waals surface area contributed by atoms with Crippen LogP contribution in [-0.2, 0) is 11.2 Å². The van der Waals surface area contributed by atoms with Gasteiger partial charge in [-0.25, -0.2) is 0 Å². The number of piperidine rings is 1. The van der Waals surface area contributed by atoms with Crippen LogP contribution in [0.3, 0.4) is 0 Å². The van der Waals surface area contributed by atoms with E-state index in [0.717, 1.165) is 56.2 Å². The molecule has 1 aromatic heterocycles. The summed E-state index contributed by atoms with van der Waals surface area (Å²) in [5.41, 5.74) is 2.97. The van der Waals surface area contributed by atoms with Crippen LogP contribution in [0.4, 0.5) is 0 Å². The van der Waals surface area contributed by atoms with Crippen molar-refractivity contribution in [2.75, 3.05) is 32.8 Å². The number of benzene rings is 2. The van der Waals surface area contributed by atoms with Crippen LogP contribution >= 0.6 is 0 Å². The van der Waals surface area contributed by atoms with Crippen molar-refractivity contribution in [3.8, 4) is 5.75 Å². The third-order valence-electron chi connectivity index (χ3n) is 6.88. The number of carbonyl (C=O) groups is 2. The second-order valence-electron chi connectivity index (χ2n) is 9.35. The lowest BCUT2D eigenvalue weighted by molar-refractivity contribution is -0.128. The molecule has 2 aliphatic rings. The fourth-order valence-corrected chi connectivity index (χ4v) is 5.12. The SMILES string of the molecule is O=C1CCCN1CCOc1cccc(C(=O)N2CCC[C@H](Cc3ccc4ncccc4c3)C2)c1. The number of hydrogen-bond acceptors (Lipinski definition) is 4. The number of pyridine rings is 1. The molecule has 6 heteroatoms. The largest absolute Gasteiger partial charge is 0.492 e. The van der Waals surface area contributed by atoms with Crippen molar-refractivity contribution < 1.29 is 14.3 Å². The highest BCUT2D eigenvalue weighted by Crippen LogP contribution is 2.25. The maximum Gasteiger partial charge on any atom is 0.253 e.